The number of methoxy groups -OCH3 is 2. The van der Waals surface area contributed by atoms with Crippen LogP contribution in [0.2, 0.25) is 0 Å². The van der Waals surface area contributed by atoms with Gasteiger partial charge in [-0.05, 0) is 67.1 Å². The Bertz CT molecular complexity index is 1220. The molecule has 8 heteroatoms. The molecule has 8 nitrogen and oxygen atoms in total. The van der Waals surface area contributed by atoms with Crippen molar-refractivity contribution in [2.75, 3.05) is 26.1 Å². The number of anilines is 1. The zero-order chi connectivity index (χ0) is 25.2. The van der Waals surface area contributed by atoms with E-state index in [0.717, 1.165) is 0 Å². The lowest BCUT2D eigenvalue weighted by Gasteiger charge is -2.13. The minimum absolute atomic E-state index is 0.0144. The predicted octanol–water partition coefficient (Wildman–Crippen LogP) is 4.29. The Labute approximate surface area is 203 Å². The van der Waals surface area contributed by atoms with Crippen LogP contribution in [0.3, 0.4) is 0 Å². The van der Waals surface area contributed by atoms with Crippen LogP contribution in [-0.4, -0.2) is 38.6 Å². The normalized spacial score (nSPS) is 10.8. The highest BCUT2D eigenvalue weighted by atomic mass is 16.5. The van der Waals surface area contributed by atoms with E-state index in [-0.39, 0.29) is 17.9 Å². The summed E-state index contributed by atoms with van der Waals surface area (Å²) in [7, 11) is 3.03. The molecule has 0 bridgehead atoms. The topological polar surface area (TPSA) is 103 Å². The van der Waals surface area contributed by atoms with E-state index in [1.165, 1.54) is 7.11 Å². The zero-order valence-electron chi connectivity index (χ0n) is 19.7. The van der Waals surface area contributed by atoms with Gasteiger partial charge in [-0.25, -0.2) is 4.79 Å². The van der Waals surface area contributed by atoms with E-state index in [1.807, 2.05) is 0 Å². The van der Waals surface area contributed by atoms with Gasteiger partial charge in [0.05, 0.1) is 32.0 Å². The van der Waals surface area contributed by atoms with Crippen molar-refractivity contribution in [3.63, 3.8) is 0 Å². The summed E-state index contributed by atoms with van der Waals surface area (Å²) >= 11 is 0. The molecule has 0 aliphatic rings. The number of benzene rings is 3. The number of amides is 2. The average Bonchev–Trinajstić information content (AvgIpc) is 2.89. The molecule has 0 aliphatic heterocycles. The molecule has 0 saturated heterocycles. The van der Waals surface area contributed by atoms with Crippen LogP contribution in [0.25, 0.3) is 6.08 Å². The fourth-order valence-electron chi connectivity index (χ4n) is 3.15. The Hall–Kier alpha value is -4.59. The van der Waals surface area contributed by atoms with Gasteiger partial charge in [0.15, 0.2) is 0 Å². The van der Waals surface area contributed by atoms with Gasteiger partial charge < -0.3 is 24.8 Å². The maximum atomic E-state index is 13.1. The number of esters is 1. The van der Waals surface area contributed by atoms with E-state index in [9.17, 15) is 14.4 Å². The van der Waals surface area contributed by atoms with Gasteiger partial charge in [-0.1, -0.05) is 24.3 Å². The van der Waals surface area contributed by atoms with E-state index in [1.54, 1.807) is 92.9 Å². The summed E-state index contributed by atoms with van der Waals surface area (Å²) in [6, 6.07) is 20.0. The highest BCUT2D eigenvalue weighted by Gasteiger charge is 2.18. The number of nitrogens with one attached hydrogen (secondary N) is 2. The first-order chi connectivity index (χ1) is 16.9. The van der Waals surface area contributed by atoms with Gasteiger partial charge in [0.25, 0.3) is 11.8 Å². The Morgan fingerprint density at radius 1 is 0.857 bits per heavy atom. The summed E-state index contributed by atoms with van der Waals surface area (Å²) < 4.78 is 15.4. The first kappa shape index (κ1) is 25.0. The van der Waals surface area contributed by atoms with Gasteiger partial charge in [-0.3, -0.25) is 9.59 Å². The molecule has 0 atom stereocenters. The van der Waals surface area contributed by atoms with Gasteiger partial charge in [0, 0.05) is 5.69 Å². The first-order valence-corrected chi connectivity index (χ1v) is 10.8. The summed E-state index contributed by atoms with van der Waals surface area (Å²) in [5.41, 5.74) is 1.77. The molecule has 0 aliphatic carbocycles. The summed E-state index contributed by atoms with van der Waals surface area (Å²) in [6.45, 7) is 1.99. The van der Waals surface area contributed by atoms with Gasteiger partial charge in [0.1, 0.15) is 17.2 Å². The molecule has 0 radical (unpaired) electrons. The van der Waals surface area contributed by atoms with E-state index in [2.05, 4.69) is 10.6 Å². The summed E-state index contributed by atoms with van der Waals surface area (Å²) in [5, 5.41) is 5.41. The van der Waals surface area contributed by atoms with Crippen LogP contribution >= 0.6 is 0 Å². The molecular formula is C27H26N2O6. The largest absolute Gasteiger partial charge is 0.497 e. The van der Waals surface area contributed by atoms with Crippen LogP contribution in [0.4, 0.5) is 5.69 Å². The van der Waals surface area contributed by atoms with Crippen molar-refractivity contribution >= 4 is 29.5 Å². The third-order valence-corrected chi connectivity index (χ3v) is 4.93. The second-order valence-electron chi connectivity index (χ2n) is 7.24. The molecular weight excluding hydrogens is 448 g/mol. The average molecular weight is 475 g/mol. The molecule has 0 spiro atoms. The quantitative estimate of drug-likeness (QED) is 0.354. The summed E-state index contributed by atoms with van der Waals surface area (Å²) in [5.74, 6) is -0.464. The third-order valence-electron chi connectivity index (χ3n) is 4.93. The van der Waals surface area contributed by atoms with E-state index >= 15 is 0 Å². The van der Waals surface area contributed by atoms with Gasteiger partial charge in [-0.2, -0.15) is 0 Å². The summed E-state index contributed by atoms with van der Waals surface area (Å²) in [4.78, 5) is 38.0. The summed E-state index contributed by atoms with van der Waals surface area (Å²) in [6.07, 6.45) is 1.55. The molecule has 0 aromatic heterocycles. The molecule has 180 valence electrons. The van der Waals surface area contributed by atoms with Crippen molar-refractivity contribution < 1.29 is 28.6 Å². The third kappa shape index (κ3) is 6.70. The maximum absolute atomic E-state index is 13.1. The van der Waals surface area contributed by atoms with Crippen molar-refractivity contribution in [3.8, 4) is 11.5 Å². The van der Waals surface area contributed by atoms with E-state index in [4.69, 9.17) is 14.2 Å². The van der Waals surface area contributed by atoms with Crippen molar-refractivity contribution in [3.05, 3.63) is 95.2 Å². The monoisotopic (exact) mass is 474 g/mol. The smallest absolute Gasteiger partial charge is 0.338 e. The van der Waals surface area contributed by atoms with E-state index in [0.29, 0.717) is 28.3 Å². The maximum Gasteiger partial charge on any atom is 0.338 e. The molecule has 3 rings (SSSR count). The fraction of sp³-hybridized carbons (Fsp3) is 0.148. The van der Waals surface area contributed by atoms with Crippen LogP contribution in [0.15, 0.2) is 78.5 Å². The molecule has 3 aromatic rings. The number of para-hydroxylation sites is 1. The van der Waals surface area contributed by atoms with E-state index < -0.39 is 17.8 Å². The number of hydrogen-bond donors (Lipinski definition) is 2. The SMILES string of the molecule is CCOC(=O)c1ccc(NC(=O)/C(=C\c2ccc(OC)cc2)NC(=O)c2ccccc2OC)cc1. The van der Waals surface area contributed by atoms with Crippen molar-refractivity contribution in [2.45, 2.75) is 6.92 Å². The Morgan fingerprint density at radius 2 is 1.54 bits per heavy atom. The molecule has 0 heterocycles. The minimum Gasteiger partial charge on any atom is -0.497 e. The van der Waals surface area contributed by atoms with Crippen LogP contribution in [-0.2, 0) is 9.53 Å². The first-order valence-electron chi connectivity index (χ1n) is 10.8. The van der Waals surface area contributed by atoms with Gasteiger partial charge >= 0.3 is 5.97 Å². The van der Waals surface area contributed by atoms with Crippen molar-refractivity contribution in [1.82, 2.24) is 5.32 Å². The molecule has 3 aromatic carbocycles. The Balaban J connectivity index is 1.86. The second-order valence-corrected chi connectivity index (χ2v) is 7.24. The molecule has 35 heavy (non-hydrogen) atoms. The van der Waals surface area contributed by atoms with Gasteiger partial charge in [-0.15, -0.1) is 0 Å². The van der Waals surface area contributed by atoms with Crippen LogP contribution in [0.5, 0.6) is 11.5 Å². The van der Waals surface area contributed by atoms with Crippen LogP contribution < -0.4 is 20.1 Å². The predicted molar refractivity (Wildman–Crippen MR) is 132 cm³/mol. The second kappa shape index (κ2) is 12.0. The van der Waals surface area contributed by atoms with Crippen molar-refractivity contribution in [2.24, 2.45) is 0 Å². The Kier molecular flexibility index (Phi) is 8.61. The highest BCUT2D eigenvalue weighted by molar-refractivity contribution is 6.11. The molecule has 2 N–H and O–H groups in total. The van der Waals surface area contributed by atoms with Crippen molar-refractivity contribution in [1.29, 1.82) is 0 Å². The molecule has 2 amide bonds. The number of hydrogen-bond acceptors (Lipinski definition) is 6. The standard InChI is InChI=1S/C27H26N2O6/c1-4-35-27(32)19-11-13-20(14-12-19)28-26(31)23(17-18-9-15-21(33-2)16-10-18)29-25(30)22-7-5-6-8-24(22)34-3/h5-17H,4H2,1-3H3,(H,28,31)(H,29,30)/b23-17+. The van der Waals surface area contributed by atoms with Crippen LogP contribution in [0.1, 0.15) is 33.2 Å². The number of carbonyl (C=O) groups is 3. The molecule has 0 fully saturated rings. The number of carbonyl (C=O) groups excluding carboxylic acids is 3. The molecule has 0 unspecified atom stereocenters. The lowest BCUT2D eigenvalue weighted by Crippen LogP contribution is -2.31. The van der Waals surface area contributed by atoms with Crippen LogP contribution in [0, 0.1) is 0 Å². The zero-order valence-corrected chi connectivity index (χ0v) is 19.7. The number of ether oxygens (including phenoxy) is 3. The highest BCUT2D eigenvalue weighted by Crippen LogP contribution is 2.19. The minimum atomic E-state index is -0.548. The molecule has 0 saturated carbocycles. The fourth-order valence-corrected chi connectivity index (χ4v) is 3.15. The Morgan fingerprint density at radius 3 is 2.17 bits per heavy atom. The number of rotatable bonds is 9. The lowest BCUT2D eigenvalue weighted by molar-refractivity contribution is -0.113. The van der Waals surface area contributed by atoms with Gasteiger partial charge in [0.2, 0.25) is 0 Å². The lowest BCUT2D eigenvalue weighted by atomic mass is 10.1.